The summed E-state index contributed by atoms with van der Waals surface area (Å²) in [6.07, 6.45) is 0. The predicted octanol–water partition coefficient (Wildman–Crippen LogP) is 6.45. The second-order valence-electron chi connectivity index (χ2n) is 8.90. The SMILES string of the molecule is CC(C)(C)c1ccc(C(=O)N2CCSC2c2cccc(OCc3ccccc3)c2)cc1. The third-order valence-corrected chi connectivity index (χ3v) is 6.80. The van der Waals surface area contributed by atoms with E-state index in [1.807, 2.05) is 47.4 Å². The second-order valence-corrected chi connectivity index (χ2v) is 10.1. The van der Waals surface area contributed by atoms with Crippen molar-refractivity contribution in [2.75, 3.05) is 12.3 Å². The Bertz CT molecular complexity index is 1030. The van der Waals surface area contributed by atoms with Gasteiger partial charge < -0.3 is 9.64 Å². The molecule has 3 aromatic rings. The van der Waals surface area contributed by atoms with Crippen molar-refractivity contribution in [1.29, 1.82) is 0 Å². The number of hydrogen-bond donors (Lipinski definition) is 0. The van der Waals surface area contributed by atoms with Crippen LogP contribution in [0.25, 0.3) is 0 Å². The largest absolute Gasteiger partial charge is 0.489 e. The number of nitrogens with zero attached hydrogens (tertiary/aromatic N) is 1. The Morgan fingerprint density at radius 3 is 2.45 bits per heavy atom. The van der Waals surface area contributed by atoms with Crippen LogP contribution >= 0.6 is 11.8 Å². The Morgan fingerprint density at radius 1 is 1.00 bits per heavy atom. The molecule has 0 saturated carbocycles. The topological polar surface area (TPSA) is 29.5 Å². The smallest absolute Gasteiger partial charge is 0.255 e. The van der Waals surface area contributed by atoms with Crippen molar-refractivity contribution in [3.05, 3.63) is 101 Å². The number of carbonyl (C=O) groups excluding carboxylic acids is 1. The van der Waals surface area contributed by atoms with Crippen LogP contribution in [0.3, 0.4) is 0 Å². The molecule has 1 heterocycles. The molecule has 0 N–H and O–H groups in total. The molecule has 0 bridgehead atoms. The van der Waals surface area contributed by atoms with E-state index < -0.39 is 0 Å². The van der Waals surface area contributed by atoms with Crippen molar-refractivity contribution < 1.29 is 9.53 Å². The van der Waals surface area contributed by atoms with E-state index in [4.69, 9.17) is 4.74 Å². The van der Waals surface area contributed by atoms with Gasteiger partial charge in [0.1, 0.15) is 17.7 Å². The average molecular weight is 432 g/mol. The highest BCUT2D eigenvalue weighted by Gasteiger charge is 2.31. The fourth-order valence-corrected chi connectivity index (χ4v) is 4.98. The van der Waals surface area contributed by atoms with Crippen molar-refractivity contribution in [3.63, 3.8) is 0 Å². The second kappa shape index (κ2) is 9.19. The highest BCUT2D eigenvalue weighted by Crippen LogP contribution is 2.40. The van der Waals surface area contributed by atoms with Crippen LogP contribution < -0.4 is 4.74 Å². The van der Waals surface area contributed by atoms with Crippen molar-refractivity contribution in [1.82, 2.24) is 4.90 Å². The van der Waals surface area contributed by atoms with Crippen molar-refractivity contribution >= 4 is 17.7 Å². The van der Waals surface area contributed by atoms with Gasteiger partial charge in [-0.05, 0) is 46.4 Å². The van der Waals surface area contributed by atoms with Crippen LogP contribution in [0.5, 0.6) is 5.75 Å². The third-order valence-electron chi connectivity index (χ3n) is 5.54. The first kappa shape index (κ1) is 21.5. The maximum atomic E-state index is 13.3. The molecule has 3 aromatic carbocycles. The van der Waals surface area contributed by atoms with Crippen LogP contribution in [-0.4, -0.2) is 23.1 Å². The van der Waals surface area contributed by atoms with E-state index in [1.54, 1.807) is 11.8 Å². The van der Waals surface area contributed by atoms with Gasteiger partial charge in [-0.15, -0.1) is 11.8 Å². The summed E-state index contributed by atoms with van der Waals surface area (Å²) >= 11 is 1.81. The van der Waals surface area contributed by atoms with Gasteiger partial charge in [-0.25, -0.2) is 0 Å². The predicted molar refractivity (Wildman–Crippen MR) is 129 cm³/mol. The van der Waals surface area contributed by atoms with E-state index >= 15 is 0 Å². The van der Waals surface area contributed by atoms with E-state index in [2.05, 4.69) is 57.2 Å². The molecule has 1 atom stereocenters. The lowest BCUT2D eigenvalue weighted by atomic mass is 9.86. The highest BCUT2D eigenvalue weighted by molar-refractivity contribution is 7.99. The van der Waals surface area contributed by atoms with E-state index in [-0.39, 0.29) is 16.7 Å². The number of rotatable bonds is 5. The maximum Gasteiger partial charge on any atom is 0.255 e. The lowest BCUT2D eigenvalue weighted by Crippen LogP contribution is -2.30. The minimum Gasteiger partial charge on any atom is -0.489 e. The number of hydrogen-bond acceptors (Lipinski definition) is 3. The molecule has 1 aliphatic heterocycles. The molecule has 0 spiro atoms. The van der Waals surface area contributed by atoms with Crippen LogP contribution in [0.15, 0.2) is 78.9 Å². The number of amides is 1. The van der Waals surface area contributed by atoms with E-state index in [0.29, 0.717) is 6.61 Å². The van der Waals surface area contributed by atoms with Crippen LogP contribution in [-0.2, 0) is 12.0 Å². The zero-order chi connectivity index (χ0) is 21.8. The standard InChI is InChI=1S/C27H29NO2S/c1-27(2,3)23-14-12-21(13-15-23)25(29)28-16-17-31-26(28)22-10-7-11-24(18-22)30-19-20-8-5-4-6-9-20/h4-15,18,26H,16-17,19H2,1-3H3. The van der Waals surface area contributed by atoms with E-state index in [0.717, 1.165) is 34.7 Å². The van der Waals surface area contributed by atoms with Gasteiger partial charge in [0.25, 0.3) is 5.91 Å². The summed E-state index contributed by atoms with van der Waals surface area (Å²) in [6, 6.07) is 26.4. The molecular weight excluding hydrogens is 402 g/mol. The molecule has 0 aromatic heterocycles. The highest BCUT2D eigenvalue weighted by atomic mass is 32.2. The van der Waals surface area contributed by atoms with Crippen LogP contribution in [0.2, 0.25) is 0 Å². The van der Waals surface area contributed by atoms with E-state index in [1.165, 1.54) is 5.56 Å². The average Bonchev–Trinajstić information content (AvgIpc) is 3.28. The minimum absolute atomic E-state index is 0.00932. The van der Waals surface area contributed by atoms with Gasteiger partial charge in [0.05, 0.1) is 0 Å². The molecule has 1 amide bonds. The molecule has 1 saturated heterocycles. The Kier molecular flexibility index (Phi) is 6.38. The number of carbonyl (C=O) groups is 1. The van der Waals surface area contributed by atoms with Crippen LogP contribution in [0, 0.1) is 0 Å². The summed E-state index contributed by atoms with van der Waals surface area (Å²) in [7, 11) is 0. The van der Waals surface area contributed by atoms with Crippen LogP contribution in [0.4, 0.5) is 0 Å². The summed E-state index contributed by atoms with van der Waals surface area (Å²) in [5.41, 5.74) is 4.30. The summed E-state index contributed by atoms with van der Waals surface area (Å²) in [6.45, 7) is 7.84. The van der Waals surface area contributed by atoms with Gasteiger partial charge in [0.2, 0.25) is 0 Å². The van der Waals surface area contributed by atoms with Gasteiger partial charge >= 0.3 is 0 Å². The number of thioether (sulfide) groups is 1. The fraction of sp³-hybridized carbons (Fsp3) is 0.296. The molecule has 1 aliphatic rings. The molecule has 1 fully saturated rings. The lowest BCUT2D eigenvalue weighted by molar-refractivity contribution is 0.0760. The first-order chi connectivity index (χ1) is 14.9. The molecule has 0 radical (unpaired) electrons. The molecule has 4 rings (SSSR count). The lowest BCUT2D eigenvalue weighted by Gasteiger charge is -2.25. The van der Waals surface area contributed by atoms with Gasteiger partial charge in [-0.2, -0.15) is 0 Å². The van der Waals surface area contributed by atoms with Crippen molar-refractivity contribution in [2.24, 2.45) is 0 Å². The minimum atomic E-state index is 0.00932. The van der Waals surface area contributed by atoms with E-state index in [9.17, 15) is 4.79 Å². The van der Waals surface area contributed by atoms with Gasteiger partial charge in [-0.1, -0.05) is 75.4 Å². The Labute approximate surface area is 189 Å². The first-order valence-corrected chi connectivity index (χ1v) is 11.8. The first-order valence-electron chi connectivity index (χ1n) is 10.7. The Hall–Kier alpha value is -2.72. The van der Waals surface area contributed by atoms with Gasteiger partial charge in [-0.3, -0.25) is 4.79 Å². The summed E-state index contributed by atoms with van der Waals surface area (Å²) < 4.78 is 6.00. The number of benzene rings is 3. The molecule has 3 nitrogen and oxygen atoms in total. The molecular formula is C27H29NO2S. The molecule has 1 unspecified atom stereocenters. The molecule has 160 valence electrons. The van der Waals surface area contributed by atoms with Crippen molar-refractivity contribution in [2.45, 2.75) is 38.2 Å². The summed E-state index contributed by atoms with van der Waals surface area (Å²) in [4.78, 5) is 15.2. The zero-order valence-electron chi connectivity index (χ0n) is 18.4. The maximum absolute atomic E-state index is 13.3. The quantitative estimate of drug-likeness (QED) is 0.465. The third kappa shape index (κ3) is 5.13. The van der Waals surface area contributed by atoms with Gasteiger partial charge in [0, 0.05) is 17.9 Å². The molecule has 4 heteroatoms. The normalized spacial score (nSPS) is 16.4. The van der Waals surface area contributed by atoms with Gasteiger partial charge in [0.15, 0.2) is 0 Å². The summed E-state index contributed by atoms with van der Waals surface area (Å²) in [5, 5.41) is 0.00932. The number of ether oxygens (including phenoxy) is 1. The Balaban J connectivity index is 1.48. The van der Waals surface area contributed by atoms with Crippen LogP contribution in [0.1, 0.15) is 53.2 Å². The summed E-state index contributed by atoms with van der Waals surface area (Å²) in [5.74, 6) is 1.85. The van der Waals surface area contributed by atoms with Crippen molar-refractivity contribution in [3.8, 4) is 5.75 Å². The molecule has 31 heavy (non-hydrogen) atoms. The Morgan fingerprint density at radius 2 is 1.74 bits per heavy atom. The monoisotopic (exact) mass is 431 g/mol. The fourth-order valence-electron chi connectivity index (χ4n) is 3.73. The zero-order valence-corrected chi connectivity index (χ0v) is 19.2. The molecule has 0 aliphatic carbocycles.